The fourth-order valence-electron chi connectivity index (χ4n) is 2.50. The van der Waals surface area contributed by atoms with Crippen molar-refractivity contribution in [3.63, 3.8) is 0 Å². The molecule has 0 aromatic rings. The van der Waals surface area contributed by atoms with Gasteiger partial charge in [0, 0.05) is 13.0 Å². The van der Waals surface area contributed by atoms with Gasteiger partial charge in [-0.3, -0.25) is 19.4 Å². The molecule has 0 fully saturated rings. The van der Waals surface area contributed by atoms with Crippen molar-refractivity contribution in [1.29, 1.82) is 0 Å². The third-order valence-corrected chi connectivity index (χ3v) is 4.18. The molecule has 13 N–H and O–H groups in total. The summed E-state index contributed by atoms with van der Waals surface area (Å²) in [6, 6.07) is -3.22. The second kappa shape index (κ2) is 15.0. The number of aliphatic carboxylic acids is 1. The zero-order valence-electron chi connectivity index (χ0n) is 17.0. The van der Waals surface area contributed by atoms with Crippen molar-refractivity contribution in [2.75, 3.05) is 13.1 Å². The summed E-state index contributed by atoms with van der Waals surface area (Å²) >= 11 is 0. The number of carboxylic acids is 1. The second-order valence-corrected chi connectivity index (χ2v) is 6.81. The van der Waals surface area contributed by atoms with Crippen LogP contribution in [0.5, 0.6) is 0 Å². The van der Waals surface area contributed by atoms with E-state index in [9.17, 15) is 24.3 Å². The lowest BCUT2D eigenvalue weighted by Gasteiger charge is -2.23. The minimum Gasteiger partial charge on any atom is -0.480 e. The molecule has 0 bridgehead atoms. The van der Waals surface area contributed by atoms with E-state index in [2.05, 4.69) is 15.6 Å². The summed E-state index contributed by atoms with van der Waals surface area (Å²) < 4.78 is 0. The van der Waals surface area contributed by atoms with Gasteiger partial charge in [0.25, 0.3) is 0 Å². The standard InChI is InChI=1S/C17H34N8O5/c18-8-2-1-4-12(16(29)30)25-15(28)11(5-3-9-23-17(21)22)24-14(27)10(19)6-7-13(20)26/h10-12H,1-9,18-19H2,(H2,20,26)(H,24,27)(H,25,28)(H,29,30)(H4,21,22,23)/t10-,11-,12-/m0/s1. The number of carbonyl (C=O) groups is 4. The smallest absolute Gasteiger partial charge is 0.326 e. The van der Waals surface area contributed by atoms with Gasteiger partial charge >= 0.3 is 5.97 Å². The van der Waals surface area contributed by atoms with Crippen LogP contribution in [0.1, 0.15) is 44.9 Å². The van der Waals surface area contributed by atoms with E-state index in [0.717, 1.165) is 0 Å². The summed E-state index contributed by atoms with van der Waals surface area (Å²) in [7, 11) is 0. The fourth-order valence-corrected chi connectivity index (χ4v) is 2.50. The number of hydrogen-bond donors (Lipinski definition) is 8. The number of nitrogens with one attached hydrogen (secondary N) is 2. The lowest BCUT2D eigenvalue weighted by molar-refractivity contribution is -0.142. The molecular weight excluding hydrogens is 396 g/mol. The van der Waals surface area contributed by atoms with Crippen LogP contribution in [0.2, 0.25) is 0 Å². The largest absolute Gasteiger partial charge is 0.480 e. The Hall–Kier alpha value is -2.93. The van der Waals surface area contributed by atoms with Crippen molar-refractivity contribution in [2.24, 2.45) is 33.7 Å². The molecule has 13 heteroatoms. The highest BCUT2D eigenvalue weighted by Crippen LogP contribution is 2.05. The number of nitrogens with two attached hydrogens (primary N) is 5. The van der Waals surface area contributed by atoms with E-state index in [1.165, 1.54) is 0 Å². The Morgan fingerprint density at radius 2 is 1.47 bits per heavy atom. The molecule has 0 rings (SSSR count). The first-order chi connectivity index (χ1) is 14.1. The highest BCUT2D eigenvalue weighted by Gasteiger charge is 2.27. The van der Waals surface area contributed by atoms with Crippen LogP contribution in [-0.4, -0.2) is 66.0 Å². The van der Waals surface area contributed by atoms with Gasteiger partial charge in [0.1, 0.15) is 12.1 Å². The maximum Gasteiger partial charge on any atom is 0.326 e. The van der Waals surface area contributed by atoms with E-state index < -0.39 is 41.8 Å². The van der Waals surface area contributed by atoms with Crippen molar-refractivity contribution >= 4 is 29.7 Å². The highest BCUT2D eigenvalue weighted by molar-refractivity contribution is 5.91. The summed E-state index contributed by atoms with van der Waals surface area (Å²) in [5.41, 5.74) is 26.7. The van der Waals surface area contributed by atoms with E-state index in [0.29, 0.717) is 25.8 Å². The van der Waals surface area contributed by atoms with Gasteiger partial charge in [-0.2, -0.15) is 0 Å². The summed E-state index contributed by atoms with van der Waals surface area (Å²) in [5.74, 6) is -3.24. The van der Waals surface area contributed by atoms with E-state index in [-0.39, 0.29) is 38.2 Å². The topological polar surface area (TPSA) is 255 Å². The van der Waals surface area contributed by atoms with Crippen LogP contribution in [0.4, 0.5) is 0 Å². The van der Waals surface area contributed by atoms with E-state index in [4.69, 9.17) is 28.7 Å². The van der Waals surface area contributed by atoms with Crippen LogP contribution in [0.15, 0.2) is 4.99 Å². The number of carbonyl (C=O) groups excluding carboxylic acids is 3. The number of nitrogens with zero attached hydrogens (tertiary/aromatic N) is 1. The molecule has 3 atom stereocenters. The van der Waals surface area contributed by atoms with Gasteiger partial charge in [0.15, 0.2) is 5.96 Å². The number of primary amides is 1. The second-order valence-electron chi connectivity index (χ2n) is 6.81. The molecule has 30 heavy (non-hydrogen) atoms. The van der Waals surface area contributed by atoms with Gasteiger partial charge in [0.05, 0.1) is 6.04 Å². The molecule has 0 aliphatic heterocycles. The number of rotatable bonds is 16. The Bertz CT molecular complexity index is 609. The van der Waals surface area contributed by atoms with Crippen LogP contribution in [-0.2, 0) is 19.2 Å². The molecule has 0 radical (unpaired) electrons. The molecule has 0 saturated carbocycles. The quantitative estimate of drug-likeness (QED) is 0.0696. The third-order valence-electron chi connectivity index (χ3n) is 4.18. The average Bonchev–Trinajstić information content (AvgIpc) is 2.66. The summed E-state index contributed by atoms with van der Waals surface area (Å²) in [5, 5.41) is 14.2. The molecule has 0 aliphatic rings. The predicted molar refractivity (Wildman–Crippen MR) is 111 cm³/mol. The molecule has 0 unspecified atom stereocenters. The molecule has 0 saturated heterocycles. The van der Waals surface area contributed by atoms with Crippen molar-refractivity contribution < 1.29 is 24.3 Å². The van der Waals surface area contributed by atoms with Gasteiger partial charge in [-0.15, -0.1) is 0 Å². The molecule has 0 aliphatic carbocycles. The Morgan fingerprint density at radius 3 is 2.00 bits per heavy atom. The maximum atomic E-state index is 12.6. The van der Waals surface area contributed by atoms with Gasteiger partial charge in [-0.25, -0.2) is 4.79 Å². The van der Waals surface area contributed by atoms with Crippen LogP contribution in [0.25, 0.3) is 0 Å². The lowest BCUT2D eigenvalue weighted by Crippen LogP contribution is -2.54. The first-order valence-electron chi connectivity index (χ1n) is 9.71. The Balaban J connectivity index is 5.07. The normalized spacial score (nSPS) is 13.5. The first kappa shape index (κ1) is 27.1. The highest BCUT2D eigenvalue weighted by atomic mass is 16.4. The average molecular weight is 431 g/mol. The number of carboxylic acid groups (broad SMARTS) is 1. The number of hydrogen-bond acceptors (Lipinski definition) is 7. The molecule has 0 aromatic heterocycles. The SMILES string of the molecule is NCCCC[C@H](NC(=O)[C@H](CCCN=C(N)N)NC(=O)[C@@H](N)CCC(N)=O)C(=O)O. The molecule has 0 aromatic carbocycles. The Labute approximate surface area is 175 Å². The van der Waals surface area contributed by atoms with Crippen LogP contribution in [0, 0.1) is 0 Å². The third kappa shape index (κ3) is 12.5. The molecule has 172 valence electrons. The van der Waals surface area contributed by atoms with Crippen LogP contribution >= 0.6 is 0 Å². The number of unbranched alkanes of at least 4 members (excludes halogenated alkanes) is 1. The van der Waals surface area contributed by atoms with E-state index in [1.54, 1.807) is 0 Å². The number of amides is 3. The number of aliphatic imine (C=N–C) groups is 1. The Kier molecular flexibility index (Phi) is 13.5. The van der Waals surface area contributed by atoms with Crippen molar-refractivity contribution in [3.8, 4) is 0 Å². The van der Waals surface area contributed by atoms with Crippen LogP contribution in [0.3, 0.4) is 0 Å². The summed E-state index contributed by atoms with van der Waals surface area (Å²) in [6.45, 7) is 0.627. The van der Waals surface area contributed by atoms with Crippen LogP contribution < -0.4 is 39.3 Å². The van der Waals surface area contributed by atoms with Gasteiger partial charge < -0.3 is 44.4 Å². The summed E-state index contributed by atoms with van der Waals surface area (Å²) in [6.07, 6.45) is 1.76. The summed E-state index contributed by atoms with van der Waals surface area (Å²) in [4.78, 5) is 51.0. The first-order valence-corrected chi connectivity index (χ1v) is 9.71. The van der Waals surface area contributed by atoms with E-state index >= 15 is 0 Å². The predicted octanol–water partition coefficient (Wildman–Crippen LogP) is -3.18. The molecular formula is C17H34N8O5. The molecule has 0 heterocycles. The minimum atomic E-state index is -1.19. The number of guanidine groups is 1. The zero-order valence-corrected chi connectivity index (χ0v) is 17.0. The lowest BCUT2D eigenvalue weighted by atomic mass is 10.1. The molecule has 3 amide bonds. The molecule has 0 spiro atoms. The maximum absolute atomic E-state index is 12.6. The minimum absolute atomic E-state index is 0.0142. The van der Waals surface area contributed by atoms with Crippen molar-refractivity contribution in [1.82, 2.24) is 10.6 Å². The van der Waals surface area contributed by atoms with Gasteiger partial charge in [0.2, 0.25) is 17.7 Å². The fraction of sp³-hybridized carbons (Fsp3) is 0.706. The monoisotopic (exact) mass is 430 g/mol. The van der Waals surface area contributed by atoms with Gasteiger partial charge in [-0.1, -0.05) is 0 Å². The van der Waals surface area contributed by atoms with Crippen molar-refractivity contribution in [2.45, 2.75) is 63.1 Å². The molecule has 13 nitrogen and oxygen atoms in total. The Morgan fingerprint density at radius 1 is 0.867 bits per heavy atom. The van der Waals surface area contributed by atoms with Crippen molar-refractivity contribution in [3.05, 3.63) is 0 Å². The van der Waals surface area contributed by atoms with Gasteiger partial charge in [-0.05, 0) is 45.1 Å². The zero-order chi connectivity index (χ0) is 23.1. The van der Waals surface area contributed by atoms with E-state index in [1.807, 2.05) is 0 Å².